The second-order valence-electron chi connectivity index (χ2n) is 4.47. The van der Waals surface area contributed by atoms with Gasteiger partial charge in [0.2, 0.25) is 0 Å². The Labute approximate surface area is 100 Å². The molecule has 92 valence electrons. The average molecular weight is 238 g/mol. The molecule has 17 heavy (non-hydrogen) atoms. The van der Waals surface area contributed by atoms with E-state index in [1.165, 1.54) is 18.6 Å². The fourth-order valence-electron chi connectivity index (χ4n) is 2.18. The van der Waals surface area contributed by atoms with E-state index in [0.717, 1.165) is 31.7 Å². The van der Waals surface area contributed by atoms with Crippen LogP contribution in [0, 0.1) is 5.82 Å². The van der Waals surface area contributed by atoms with E-state index in [9.17, 15) is 4.39 Å². The monoisotopic (exact) mass is 238 g/mol. The van der Waals surface area contributed by atoms with E-state index in [1.54, 1.807) is 0 Å². The zero-order valence-corrected chi connectivity index (χ0v) is 9.60. The molecule has 0 saturated heterocycles. The molecular formula is C12H16BFO3. The van der Waals surface area contributed by atoms with Gasteiger partial charge in [0, 0.05) is 6.07 Å². The molecule has 1 aliphatic carbocycles. The molecule has 0 spiro atoms. The lowest BCUT2D eigenvalue weighted by Crippen LogP contribution is -2.30. The van der Waals surface area contributed by atoms with Crippen molar-refractivity contribution in [3.05, 3.63) is 24.0 Å². The summed E-state index contributed by atoms with van der Waals surface area (Å²) in [7, 11) is -1.67. The van der Waals surface area contributed by atoms with E-state index in [0.29, 0.717) is 5.75 Å². The van der Waals surface area contributed by atoms with E-state index in [2.05, 4.69) is 0 Å². The SMILES string of the molecule is OB(O)c1cc(F)cc(OC2CCCCC2)c1. The predicted molar refractivity (Wildman–Crippen MR) is 63.7 cm³/mol. The molecule has 0 radical (unpaired) electrons. The Kier molecular flexibility index (Phi) is 4.02. The van der Waals surface area contributed by atoms with Crippen molar-refractivity contribution in [1.82, 2.24) is 0 Å². The second kappa shape index (κ2) is 5.51. The molecule has 0 atom stereocenters. The average Bonchev–Trinajstić information content (AvgIpc) is 2.29. The highest BCUT2D eigenvalue weighted by atomic mass is 19.1. The van der Waals surface area contributed by atoms with Crippen LogP contribution in [0.15, 0.2) is 18.2 Å². The third-order valence-corrected chi connectivity index (χ3v) is 3.05. The Hall–Kier alpha value is -1.07. The van der Waals surface area contributed by atoms with E-state index in [-0.39, 0.29) is 11.6 Å². The third kappa shape index (κ3) is 3.44. The Morgan fingerprint density at radius 3 is 2.47 bits per heavy atom. The standard InChI is InChI=1S/C12H16BFO3/c14-10-6-9(13(15)16)7-12(8-10)17-11-4-2-1-3-5-11/h6-8,11,15-16H,1-5H2. The first-order chi connectivity index (χ1) is 8.15. The van der Waals surface area contributed by atoms with Gasteiger partial charge >= 0.3 is 7.12 Å². The molecule has 1 saturated carbocycles. The first-order valence-corrected chi connectivity index (χ1v) is 5.98. The van der Waals surface area contributed by atoms with Gasteiger partial charge in [0.25, 0.3) is 0 Å². The van der Waals surface area contributed by atoms with Gasteiger partial charge in [-0.2, -0.15) is 0 Å². The molecule has 1 fully saturated rings. The van der Waals surface area contributed by atoms with Gasteiger partial charge in [-0.3, -0.25) is 0 Å². The van der Waals surface area contributed by atoms with Crippen LogP contribution < -0.4 is 10.2 Å². The van der Waals surface area contributed by atoms with Gasteiger partial charge in [-0.15, -0.1) is 0 Å². The van der Waals surface area contributed by atoms with E-state index in [1.807, 2.05) is 0 Å². The molecule has 0 aliphatic heterocycles. The van der Waals surface area contributed by atoms with Gasteiger partial charge < -0.3 is 14.8 Å². The Morgan fingerprint density at radius 1 is 1.12 bits per heavy atom. The Morgan fingerprint density at radius 2 is 1.82 bits per heavy atom. The van der Waals surface area contributed by atoms with Crippen molar-refractivity contribution >= 4 is 12.6 Å². The summed E-state index contributed by atoms with van der Waals surface area (Å²) >= 11 is 0. The first-order valence-electron chi connectivity index (χ1n) is 5.98. The quantitative estimate of drug-likeness (QED) is 0.778. The van der Waals surface area contributed by atoms with Gasteiger partial charge in [-0.25, -0.2) is 4.39 Å². The largest absolute Gasteiger partial charge is 0.490 e. The molecular weight excluding hydrogens is 222 g/mol. The maximum absolute atomic E-state index is 13.2. The number of benzene rings is 1. The molecule has 2 rings (SSSR count). The number of hydrogen-bond donors (Lipinski definition) is 2. The van der Waals surface area contributed by atoms with Gasteiger partial charge in [0.05, 0.1) is 6.10 Å². The summed E-state index contributed by atoms with van der Waals surface area (Å²) in [6.45, 7) is 0. The highest BCUT2D eigenvalue weighted by Crippen LogP contribution is 2.23. The molecule has 0 bridgehead atoms. The molecule has 0 aromatic heterocycles. The van der Waals surface area contributed by atoms with Crippen LogP contribution in [0.1, 0.15) is 32.1 Å². The van der Waals surface area contributed by atoms with Crippen LogP contribution in [-0.2, 0) is 0 Å². The summed E-state index contributed by atoms with van der Waals surface area (Å²) in [5.41, 5.74) is 0.121. The summed E-state index contributed by atoms with van der Waals surface area (Å²) in [5.74, 6) is -0.138. The van der Waals surface area contributed by atoms with Gasteiger partial charge in [-0.05, 0) is 43.3 Å². The number of halogens is 1. The van der Waals surface area contributed by atoms with E-state index in [4.69, 9.17) is 14.8 Å². The van der Waals surface area contributed by atoms with Gasteiger partial charge in [-0.1, -0.05) is 6.42 Å². The second-order valence-corrected chi connectivity index (χ2v) is 4.47. The highest BCUT2D eigenvalue weighted by molar-refractivity contribution is 6.58. The lowest BCUT2D eigenvalue weighted by molar-refractivity contribution is 0.154. The molecule has 3 nitrogen and oxygen atoms in total. The van der Waals surface area contributed by atoms with Crippen LogP contribution in [0.4, 0.5) is 4.39 Å². The zero-order chi connectivity index (χ0) is 12.3. The minimum absolute atomic E-state index is 0.120. The normalized spacial score (nSPS) is 16.9. The number of rotatable bonds is 3. The fourth-order valence-corrected chi connectivity index (χ4v) is 2.18. The maximum atomic E-state index is 13.2. The van der Waals surface area contributed by atoms with E-state index >= 15 is 0 Å². The molecule has 0 unspecified atom stereocenters. The summed E-state index contributed by atoms with van der Waals surface area (Å²) in [6, 6.07) is 3.85. The molecule has 1 aromatic rings. The molecule has 0 amide bonds. The summed E-state index contributed by atoms with van der Waals surface area (Å²) in [4.78, 5) is 0. The van der Waals surface area contributed by atoms with Crippen LogP contribution in [0.25, 0.3) is 0 Å². The maximum Gasteiger partial charge on any atom is 0.488 e. The minimum Gasteiger partial charge on any atom is -0.490 e. The lowest BCUT2D eigenvalue weighted by Gasteiger charge is -2.23. The minimum atomic E-state index is -1.67. The number of hydrogen-bond acceptors (Lipinski definition) is 3. The third-order valence-electron chi connectivity index (χ3n) is 3.05. The van der Waals surface area contributed by atoms with Crippen molar-refractivity contribution < 1.29 is 19.2 Å². The topological polar surface area (TPSA) is 49.7 Å². The van der Waals surface area contributed by atoms with Crippen molar-refractivity contribution in [2.45, 2.75) is 38.2 Å². The van der Waals surface area contributed by atoms with Crippen molar-refractivity contribution in [2.75, 3.05) is 0 Å². The van der Waals surface area contributed by atoms with Gasteiger partial charge in [0.1, 0.15) is 11.6 Å². The lowest BCUT2D eigenvalue weighted by atomic mass is 9.80. The number of ether oxygens (including phenoxy) is 1. The smallest absolute Gasteiger partial charge is 0.488 e. The van der Waals surface area contributed by atoms with E-state index < -0.39 is 12.9 Å². The van der Waals surface area contributed by atoms with Crippen molar-refractivity contribution in [3.63, 3.8) is 0 Å². The summed E-state index contributed by atoms with van der Waals surface area (Å²) < 4.78 is 18.9. The predicted octanol–water partition coefficient (Wildman–Crippen LogP) is 1.22. The molecule has 1 aromatic carbocycles. The summed E-state index contributed by atoms with van der Waals surface area (Å²) in [6.07, 6.45) is 5.57. The fraction of sp³-hybridized carbons (Fsp3) is 0.500. The van der Waals surface area contributed by atoms with Crippen molar-refractivity contribution in [2.24, 2.45) is 0 Å². The van der Waals surface area contributed by atoms with Crippen LogP contribution in [-0.4, -0.2) is 23.3 Å². The molecule has 0 heterocycles. The zero-order valence-electron chi connectivity index (χ0n) is 9.60. The van der Waals surface area contributed by atoms with Gasteiger partial charge in [0.15, 0.2) is 0 Å². The Bertz CT molecular complexity index is 378. The van der Waals surface area contributed by atoms with Crippen LogP contribution in [0.2, 0.25) is 0 Å². The summed E-state index contributed by atoms with van der Waals surface area (Å²) in [5, 5.41) is 18.0. The van der Waals surface area contributed by atoms with Crippen LogP contribution in [0.3, 0.4) is 0 Å². The van der Waals surface area contributed by atoms with Crippen LogP contribution in [0.5, 0.6) is 5.75 Å². The van der Waals surface area contributed by atoms with Crippen molar-refractivity contribution in [3.8, 4) is 5.75 Å². The first kappa shape index (κ1) is 12.4. The molecule has 5 heteroatoms. The highest BCUT2D eigenvalue weighted by Gasteiger charge is 2.18. The molecule has 1 aliphatic rings. The molecule has 2 N–H and O–H groups in total. The van der Waals surface area contributed by atoms with Crippen LogP contribution >= 0.6 is 0 Å². The van der Waals surface area contributed by atoms with Crippen molar-refractivity contribution in [1.29, 1.82) is 0 Å². The Balaban J connectivity index is 2.09.